The van der Waals surface area contributed by atoms with E-state index in [-0.39, 0.29) is 11.7 Å². The molecule has 0 spiro atoms. The molecule has 13 heavy (non-hydrogen) atoms. The number of hydrogen-bond donors (Lipinski definition) is 2. The molecule has 0 saturated heterocycles. The van der Waals surface area contributed by atoms with Crippen molar-refractivity contribution in [3.05, 3.63) is 30.1 Å². The van der Waals surface area contributed by atoms with Crippen LogP contribution in [0, 0.1) is 0 Å². The summed E-state index contributed by atoms with van der Waals surface area (Å²) < 4.78 is 0. The van der Waals surface area contributed by atoms with Gasteiger partial charge in [0.1, 0.15) is 5.78 Å². The second kappa shape index (κ2) is 4.69. The quantitative estimate of drug-likeness (QED) is 0.512. The Morgan fingerprint density at radius 2 is 2.46 bits per heavy atom. The number of nitrogens with one attached hydrogen (secondary N) is 1. The molecule has 0 aliphatic heterocycles. The predicted molar refractivity (Wildman–Crippen MR) is 49.8 cm³/mol. The highest BCUT2D eigenvalue weighted by Gasteiger charge is 2.16. The number of pyridine rings is 1. The van der Waals surface area contributed by atoms with Crippen LogP contribution in [0.5, 0.6) is 0 Å². The fraction of sp³-hybridized carbons (Fsp3) is 0.333. The van der Waals surface area contributed by atoms with Crippen LogP contribution in [0.1, 0.15) is 18.5 Å². The first kappa shape index (κ1) is 9.83. The number of hydrazine groups is 1. The lowest BCUT2D eigenvalue weighted by molar-refractivity contribution is -0.118. The molecule has 3 N–H and O–H groups in total. The number of rotatable bonds is 4. The maximum Gasteiger partial charge on any atom is 0.140 e. The monoisotopic (exact) mass is 179 g/mol. The number of Topliss-reactive ketones (excluding diaryl/α,β-unsaturated/α-hetero) is 1. The largest absolute Gasteiger partial charge is 0.299 e. The number of nitrogens with two attached hydrogens (primary N) is 1. The summed E-state index contributed by atoms with van der Waals surface area (Å²) in [5.41, 5.74) is 3.24. The molecule has 0 aliphatic rings. The number of carbonyl (C=O) groups is 1. The fourth-order valence-electron chi connectivity index (χ4n) is 1.16. The Kier molecular flexibility index (Phi) is 3.54. The van der Waals surface area contributed by atoms with Gasteiger partial charge in [0, 0.05) is 12.7 Å². The van der Waals surface area contributed by atoms with Crippen molar-refractivity contribution in [2.75, 3.05) is 6.54 Å². The van der Waals surface area contributed by atoms with Gasteiger partial charge in [0.05, 0.1) is 11.6 Å². The van der Waals surface area contributed by atoms with Crippen LogP contribution >= 0.6 is 0 Å². The first-order chi connectivity index (χ1) is 6.25. The van der Waals surface area contributed by atoms with Crippen LogP contribution < -0.4 is 11.3 Å². The lowest BCUT2D eigenvalue weighted by atomic mass is 10.0. The molecule has 0 bridgehead atoms. The van der Waals surface area contributed by atoms with Gasteiger partial charge in [0.15, 0.2) is 0 Å². The third-order valence-electron chi connectivity index (χ3n) is 1.86. The molecule has 1 atom stereocenters. The van der Waals surface area contributed by atoms with Crippen molar-refractivity contribution in [2.45, 2.75) is 12.8 Å². The topological polar surface area (TPSA) is 68.0 Å². The van der Waals surface area contributed by atoms with Crippen LogP contribution in [0.3, 0.4) is 0 Å². The molecule has 1 aromatic heterocycles. The van der Waals surface area contributed by atoms with E-state index >= 15 is 0 Å². The third kappa shape index (κ3) is 2.61. The van der Waals surface area contributed by atoms with Gasteiger partial charge in [0.2, 0.25) is 0 Å². The van der Waals surface area contributed by atoms with Gasteiger partial charge in [-0.25, -0.2) is 0 Å². The van der Waals surface area contributed by atoms with Crippen LogP contribution in [-0.2, 0) is 4.79 Å². The molecule has 0 radical (unpaired) electrons. The average molecular weight is 179 g/mol. The van der Waals surface area contributed by atoms with Crippen molar-refractivity contribution >= 4 is 5.78 Å². The molecule has 1 heterocycles. The molecular weight excluding hydrogens is 166 g/mol. The van der Waals surface area contributed by atoms with E-state index in [9.17, 15) is 4.79 Å². The number of hydrogen-bond acceptors (Lipinski definition) is 4. The molecule has 1 unspecified atom stereocenters. The first-order valence-corrected chi connectivity index (χ1v) is 4.10. The van der Waals surface area contributed by atoms with E-state index in [1.165, 1.54) is 6.92 Å². The number of ketones is 1. The summed E-state index contributed by atoms with van der Waals surface area (Å²) in [4.78, 5) is 15.3. The van der Waals surface area contributed by atoms with Gasteiger partial charge in [-0.15, -0.1) is 0 Å². The molecule has 0 aliphatic carbocycles. The van der Waals surface area contributed by atoms with Crippen molar-refractivity contribution in [1.82, 2.24) is 10.4 Å². The highest BCUT2D eigenvalue weighted by atomic mass is 16.1. The van der Waals surface area contributed by atoms with Crippen LogP contribution in [0.15, 0.2) is 24.4 Å². The summed E-state index contributed by atoms with van der Waals surface area (Å²) in [5, 5.41) is 0. The third-order valence-corrected chi connectivity index (χ3v) is 1.86. The Morgan fingerprint density at radius 3 is 2.92 bits per heavy atom. The standard InChI is InChI=1S/C9H13N3O/c1-7(13)8(6-12-10)9-4-2-3-5-11-9/h2-5,8,12H,6,10H2,1H3. The second-order valence-electron chi connectivity index (χ2n) is 2.83. The minimum Gasteiger partial charge on any atom is -0.299 e. The lowest BCUT2D eigenvalue weighted by Gasteiger charge is -2.11. The summed E-state index contributed by atoms with van der Waals surface area (Å²) in [6, 6.07) is 5.49. The van der Waals surface area contributed by atoms with Gasteiger partial charge in [-0.1, -0.05) is 6.07 Å². The van der Waals surface area contributed by atoms with Gasteiger partial charge in [-0.05, 0) is 19.1 Å². The van der Waals surface area contributed by atoms with Crippen LogP contribution in [0.4, 0.5) is 0 Å². The molecular formula is C9H13N3O. The Balaban J connectivity index is 2.82. The van der Waals surface area contributed by atoms with Crippen molar-refractivity contribution in [1.29, 1.82) is 0 Å². The summed E-state index contributed by atoms with van der Waals surface area (Å²) >= 11 is 0. The summed E-state index contributed by atoms with van der Waals surface area (Å²) in [7, 11) is 0. The van der Waals surface area contributed by atoms with E-state index in [0.717, 1.165) is 5.69 Å². The normalized spacial score (nSPS) is 12.5. The Hall–Kier alpha value is -1.26. The van der Waals surface area contributed by atoms with Gasteiger partial charge < -0.3 is 0 Å². The molecule has 4 heteroatoms. The zero-order valence-electron chi connectivity index (χ0n) is 7.53. The van der Waals surface area contributed by atoms with Crippen LogP contribution in [0.2, 0.25) is 0 Å². The van der Waals surface area contributed by atoms with Gasteiger partial charge in [0.25, 0.3) is 0 Å². The first-order valence-electron chi connectivity index (χ1n) is 4.10. The van der Waals surface area contributed by atoms with Crippen molar-refractivity contribution < 1.29 is 4.79 Å². The van der Waals surface area contributed by atoms with Crippen molar-refractivity contribution in [3.8, 4) is 0 Å². The van der Waals surface area contributed by atoms with E-state index < -0.39 is 0 Å². The lowest BCUT2D eigenvalue weighted by Crippen LogP contribution is -2.31. The molecule has 0 aromatic carbocycles. The molecule has 0 fully saturated rings. The zero-order valence-corrected chi connectivity index (χ0v) is 7.53. The Morgan fingerprint density at radius 1 is 1.69 bits per heavy atom. The zero-order chi connectivity index (χ0) is 9.68. The SMILES string of the molecule is CC(=O)C(CNN)c1ccccn1. The molecule has 1 rings (SSSR count). The molecule has 70 valence electrons. The van der Waals surface area contributed by atoms with Gasteiger partial charge in [-0.2, -0.15) is 0 Å². The number of aromatic nitrogens is 1. The summed E-state index contributed by atoms with van der Waals surface area (Å²) in [6.45, 7) is 1.96. The van der Waals surface area contributed by atoms with Crippen LogP contribution in [-0.4, -0.2) is 17.3 Å². The van der Waals surface area contributed by atoms with E-state index in [1.807, 2.05) is 18.2 Å². The molecule has 4 nitrogen and oxygen atoms in total. The minimum absolute atomic E-state index is 0.0663. The predicted octanol–water partition coefficient (Wildman–Crippen LogP) is 0.217. The highest BCUT2D eigenvalue weighted by molar-refractivity contribution is 5.83. The minimum atomic E-state index is -0.244. The van der Waals surface area contributed by atoms with Crippen LogP contribution in [0.25, 0.3) is 0 Å². The molecule has 0 saturated carbocycles. The Bertz CT molecular complexity index is 273. The summed E-state index contributed by atoms with van der Waals surface area (Å²) in [5.74, 6) is 5.00. The fourth-order valence-corrected chi connectivity index (χ4v) is 1.16. The second-order valence-corrected chi connectivity index (χ2v) is 2.83. The average Bonchev–Trinajstić information content (AvgIpc) is 2.15. The van der Waals surface area contributed by atoms with E-state index in [4.69, 9.17) is 5.84 Å². The molecule has 0 amide bonds. The smallest absolute Gasteiger partial charge is 0.140 e. The molecule has 1 aromatic rings. The number of carbonyl (C=O) groups excluding carboxylic acids is 1. The van der Waals surface area contributed by atoms with Gasteiger partial charge >= 0.3 is 0 Å². The maximum absolute atomic E-state index is 11.2. The Labute approximate surface area is 77.1 Å². The number of nitrogens with zero attached hydrogens (tertiary/aromatic N) is 1. The maximum atomic E-state index is 11.2. The highest BCUT2D eigenvalue weighted by Crippen LogP contribution is 2.12. The van der Waals surface area contributed by atoms with E-state index in [1.54, 1.807) is 6.20 Å². The van der Waals surface area contributed by atoms with E-state index in [2.05, 4.69) is 10.4 Å². The summed E-state index contributed by atoms with van der Waals surface area (Å²) in [6.07, 6.45) is 1.67. The van der Waals surface area contributed by atoms with Gasteiger partial charge in [-0.3, -0.25) is 21.0 Å². The van der Waals surface area contributed by atoms with Crippen molar-refractivity contribution in [3.63, 3.8) is 0 Å². The van der Waals surface area contributed by atoms with Crippen molar-refractivity contribution in [2.24, 2.45) is 5.84 Å². The van der Waals surface area contributed by atoms with E-state index in [0.29, 0.717) is 6.54 Å².